The number of benzene rings is 1. The van der Waals surface area contributed by atoms with Crippen LogP contribution in [-0.2, 0) is 9.47 Å². The Morgan fingerprint density at radius 2 is 1.93 bits per heavy atom. The van der Waals surface area contributed by atoms with Crippen LogP contribution in [0.2, 0.25) is 0 Å². The van der Waals surface area contributed by atoms with Gasteiger partial charge in [-0.05, 0) is 56.2 Å². The highest BCUT2D eigenvalue weighted by atomic mass is 16.7. The molecular formula is C21H31NO6. The third kappa shape index (κ3) is 6.09. The SMILES string of the molecule is O=C(O)N1CCC(c2ccc(OCCCCOC3CCCCO3)cc2)C(O)C1. The molecule has 7 heteroatoms. The molecule has 0 aromatic heterocycles. The van der Waals surface area contributed by atoms with Crippen LogP contribution in [-0.4, -0.2) is 66.5 Å². The number of unbranched alkanes of at least 4 members (excludes halogenated alkanes) is 1. The first kappa shape index (κ1) is 20.9. The second kappa shape index (κ2) is 10.6. The van der Waals surface area contributed by atoms with Gasteiger partial charge in [0.05, 0.1) is 19.3 Å². The fourth-order valence-electron chi connectivity index (χ4n) is 3.76. The number of piperidine rings is 1. The molecule has 28 heavy (non-hydrogen) atoms. The van der Waals surface area contributed by atoms with Crippen LogP contribution in [0, 0.1) is 0 Å². The molecule has 3 atom stereocenters. The number of aliphatic hydroxyl groups is 1. The molecule has 1 aromatic rings. The summed E-state index contributed by atoms with van der Waals surface area (Å²) in [5.41, 5.74) is 1.02. The molecule has 0 radical (unpaired) electrons. The van der Waals surface area contributed by atoms with Gasteiger partial charge in [-0.15, -0.1) is 0 Å². The molecule has 1 amide bonds. The second-order valence-electron chi connectivity index (χ2n) is 7.48. The van der Waals surface area contributed by atoms with Crippen molar-refractivity contribution < 1.29 is 29.2 Å². The Bertz CT molecular complexity index is 601. The number of hydrogen-bond acceptors (Lipinski definition) is 5. The summed E-state index contributed by atoms with van der Waals surface area (Å²) < 4.78 is 17.0. The maximum absolute atomic E-state index is 11.0. The van der Waals surface area contributed by atoms with E-state index in [0.29, 0.717) is 26.2 Å². The number of β-amino-alcohol motifs (C(OH)–C–C–N with tert-alkyl or cyclic N) is 1. The number of carboxylic acid groups (broad SMARTS) is 1. The zero-order valence-electron chi connectivity index (χ0n) is 16.3. The van der Waals surface area contributed by atoms with E-state index in [1.807, 2.05) is 24.3 Å². The Morgan fingerprint density at radius 3 is 2.61 bits per heavy atom. The van der Waals surface area contributed by atoms with Crippen LogP contribution in [0.3, 0.4) is 0 Å². The molecule has 1 aromatic carbocycles. The van der Waals surface area contributed by atoms with Crippen molar-refractivity contribution in [1.29, 1.82) is 0 Å². The normalized spacial score (nSPS) is 25.5. The van der Waals surface area contributed by atoms with E-state index in [4.69, 9.17) is 19.3 Å². The van der Waals surface area contributed by atoms with Gasteiger partial charge < -0.3 is 29.3 Å². The van der Waals surface area contributed by atoms with Crippen molar-refractivity contribution in [1.82, 2.24) is 4.90 Å². The summed E-state index contributed by atoms with van der Waals surface area (Å²) in [6.45, 7) is 2.74. The number of amides is 1. The van der Waals surface area contributed by atoms with E-state index >= 15 is 0 Å². The summed E-state index contributed by atoms with van der Waals surface area (Å²) in [6, 6.07) is 7.75. The van der Waals surface area contributed by atoms with E-state index in [0.717, 1.165) is 43.6 Å². The summed E-state index contributed by atoms with van der Waals surface area (Å²) in [4.78, 5) is 12.3. The molecule has 7 nitrogen and oxygen atoms in total. The molecule has 156 valence electrons. The van der Waals surface area contributed by atoms with Crippen molar-refractivity contribution in [2.24, 2.45) is 0 Å². The second-order valence-corrected chi connectivity index (χ2v) is 7.48. The molecule has 2 aliphatic rings. The van der Waals surface area contributed by atoms with Gasteiger partial charge in [-0.2, -0.15) is 0 Å². The Morgan fingerprint density at radius 1 is 1.14 bits per heavy atom. The average molecular weight is 393 g/mol. The average Bonchev–Trinajstić information content (AvgIpc) is 2.72. The van der Waals surface area contributed by atoms with Gasteiger partial charge in [-0.25, -0.2) is 4.79 Å². The summed E-state index contributed by atoms with van der Waals surface area (Å²) in [5, 5.41) is 19.3. The number of hydrogen-bond donors (Lipinski definition) is 2. The Kier molecular flexibility index (Phi) is 7.94. The first-order chi connectivity index (χ1) is 13.6. The monoisotopic (exact) mass is 393 g/mol. The number of ether oxygens (including phenoxy) is 3. The molecule has 3 rings (SSSR count). The van der Waals surface area contributed by atoms with Gasteiger partial charge in [-0.1, -0.05) is 12.1 Å². The zero-order valence-corrected chi connectivity index (χ0v) is 16.3. The Hall–Kier alpha value is -1.83. The van der Waals surface area contributed by atoms with Crippen LogP contribution >= 0.6 is 0 Å². The highest BCUT2D eigenvalue weighted by Gasteiger charge is 2.30. The molecule has 2 aliphatic heterocycles. The van der Waals surface area contributed by atoms with Gasteiger partial charge in [0.2, 0.25) is 0 Å². The molecule has 0 bridgehead atoms. The third-order valence-corrected chi connectivity index (χ3v) is 5.41. The van der Waals surface area contributed by atoms with Gasteiger partial charge in [-0.3, -0.25) is 0 Å². The van der Waals surface area contributed by atoms with E-state index in [9.17, 15) is 9.90 Å². The molecular weight excluding hydrogens is 362 g/mol. The minimum atomic E-state index is -0.974. The van der Waals surface area contributed by atoms with Crippen molar-refractivity contribution in [2.75, 3.05) is 32.9 Å². The fourth-order valence-corrected chi connectivity index (χ4v) is 3.76. The molecule has 2 saturated heterocycles. The van der Waals surface area contributed by atoms with Crippen LogP contribution in [0.25, 0.3) is 0 Å². The van der Waals surface area contributed by atoms with Crippen LogP contribution in [0.15, 0.2) is 24.3 Å². The topological polar surface area (TPSA) is 88.5 Å². The molecule has 3 unspecified atom stereocenters. The van der Waals surface area contributed by atoms with Gasteiger partial charge in [0.25, 0.3) is 0 Å². The van der Waals surface area contributed by atoms with Crippen LogP contribution in [0.4, 0.5) is 4.79 Å². The molecule has 2 fully saturated rings. The molecule has 0 spiro atoms. The van der Waals surface area contributed by atoms with E-state index < -0.39 is 12.2 Å². The van der Waals surface area contributed by atoms with E-state index in [1.165, 1.54) is 11.3 Å². The van der Waals surface area contributed by atoms with Gasteiger partial charge >= 0.3 is 6.09 Å². The van der Waals surface area contributed by atoms with Crippen molar-refractivity contribution in [3.05, 3.63) is 29.8 Å². The molecule has 0 saturated carbocycles. The number of rotatable bonds is 8. The van der Waals surface area contributed by atoms with E-state index in [2.05, 4.69) is 0 Å². The smallest absolute Gasteiger partial charge is 0.407 e. The minimum absolute atomic E-state index is 0.0278. The quantitative estimate of drug-likeness (QED) is 0.660. The first-order valence-electron chi connectivity index (χ1n) is 10.3. The third-order valence-electron chi connectivity index (χ3n) is 5.41. The lowest BCUT2D eigenvalue weighted by Gasteiger charge is -2.34. The molecule has 2 heterocycles. The Labute approximate surface area is 166 Å². The van der Waals surface area contributed by atoms with Crippen LogP contribution in [0.5, 0.6) is 5.75 Å². The van der Waals surface area contributed by atoms with E-state index in [1.54, 1.807) is 0 Å². The van der Waals surface area contributed by atoms with Gasteiger partial charge in [0.15, 0.2) is 6.29 Å². The number of aliphatic hydroxyl groups excluding tert-OH is 1. The highest BCUT2D eigenvalue weighted by molar-refractivity contribution is 5.65. The minimum Gasteiger partial charge on any atom is -0.494 e. The van der Waals surface area contributed by atoms with Crippen LogP contribution < -0.4 is 4.74 Å². The number of likely N-dealkylation sites (tertiary alicyclic amines) is 1. The zero-order chi connectivity index (χ0) is 19.8. The maximum Gasteiger partial charge on any atom is 0.407 e. The van der Waals surface area contributed by atoms with Crippen molar-refractivity contribution in [3.63, 3.8) is 0 Å². The fraction of sp³-hybridized carbons (Fsp3) is 0.667. The molecule has 2 N–H and O–H groups in total. The van der Waals surface area contributed by atoms with Gasteiger partial charge in [0, 0.05) is 25.7 Å². The number of carbonyl (C=O) groups is 1. The van der Waals surface area contributed by atoms with Crippen molar-refractivity contribution in [3.8, 4) is 5.75 Å². The highest BCUT2D eigenvalue weighted by Crippen LogP contribution is 2.29. The van der Waals surface area contributed by atoms with Crippen molar-refractivity contribution in [2.45, 2.75) is 56.8 Å². The standard InChI is InChI=1S/C21H31NO6/c23-19-15-22(21(24)25)11-10-18(19)16-6-8-17(9-7-16)26-12-3-4-14-28-20-5-1-2-13-27-20/h6-9,18-20,23H,1-5,10-15H2,(H,24,25). The van der Waals surface area contributed by atoms with Crippen LogP contribution in [0.1, 0.15) is 50.0 Å². The first-order valence-corrected chi connectivity index (χ1v) is 10.3. The lowest BCUT2D eigenvalue weighted by Crippen LogP contribution is -2.45. The predicted molar refractivity (Wildman–Crippen MR) is 104 cm³/mol. The van der Waals surface area contributed by atoms with Crippen molar-refractivity contribution >= 4 is 6.09 Å². The lowest BCUT2D eigenvalue weighted by atomic mass is 9.87. The van der Waals surface area contributed by atoms with E-state index in [-0.39, 0.29) is 18.8 Å². The summed E-state index contributed by atoms with van der Waals surface area (Å²) in [6.07, 6.45) is 4.10. The van der Waals surface area contributed by atoms with Gasteiger partial charge in [0.1, 0.15) is 5.75 Å². The number of nitrogens with zero attached hydrogens (tertiary/aromatic N) is 1. The Balaban J connectivity index is 1.33. The summed E-state index contributed by atoms with van der Waals surface area (Å²) >= 11 is 0. The lowest BCUT2D eigenvalue weighted by molar-refractivity contribution is -0.162. The largest absolute Gasteiger partial charge is 0.494 e. The summed E-state index contributed by atoms with van der Waals surface area (Å²) in [5.74, 6) is 0.765. The molecule has 0 aliphatic carbocycles. The predicted octanol–water partition coefficient (Wildman–Crippen LogP) is 3.22. The summed E-state index contributed by atoms with van der Waals surface area (Å²) in [7, 11) is 0. The maximum atomic E-state index is 11.0.